The molecule has 5 nitrogen and oxygen atoms in total. The first-order valence-electron chi connectivity index (χ1n) is 5.36. The molecule has 0 atom stereocenters. The molecule has 2 N–H and O–H groups in total. The van der Waals surface area contributed by atoms with Gasteiger partial charge < -0.3 is 14.6 Å². The van der Waals surface area contributed by atoms with E-state index in [0.29, 0.717) is 25.6 Å². The van der Waals surface area contributed by atoms with Crippen molar-refractivity contribution in [1.82, 2.24) is 0 Å². The van der Waals surface area contributed by atoms with Gasteiger partial charge in [0.05, 0.1) is 0 Å². The first-order valence-corrected chi connectivity index (χ1v) is 5.36. The number of fused-ring (bicyclic) bond motifs is 3. The summed E-state index contributed by atoms with van der Waals surface area (Å²) >= 11 is 0. The molecule has 0 saturated carbocycles. The Bertz CT molecular complexity index is 271. The van der Waals surface area contributed by atoms with Crippen LogP contribution < -0.4 is 0 Å². The van der Waals surface area contributed by atoms with Crippen molar-refractivity contribution in [2.24, 2.45) is 5.92 Å². The average Bonchev–Trinajstić information content (AvgIpc) is 2.18. The summed E-state index contributed by atoms with van der Waals surface area (Å²) in [7, 11) is 0. The Balaban J connectivity index is 2.25. The van der Waals surface area contributed by atoms with Gasteiger partial charge in [-0.05, 0) is 25.2 Å². The van der Waals surface area contributed by atoms with Gasteiger partial charge in [-0.1, -0.05) is 0 Å². The number of hydrogen-bond acceptors (Lipinski definition) is 2. The van der Waals surface area contributed by atoms with Crippen LogP contribution in [-0.4, -0.2) is 52.8 Å². The summed E-state index contributed by atoms with van der Waals surface area (Å²) < 4.78 is 0.265. The lowest BCUT2D eigenvalue weighted by atomic mass is 9.54. The molecule has 3 heterocycles. The van der Waals surface area contributed by atoms with Crippen LogP contribution in [0.25, 0.3) is 0 Å². The zero-order valence-electron chi connectivity index (χ0n) is 8.56. The molecule has 3 fully saturated rings. The van der Waals surface area contributed by atoms with Gasteiger partial charge >= 0.3 is 6.85 Å². The number of quaternary nitrogens is 1. The lowest BCUT2D eigenvalue weighted by Crippen LogP contribution is -2.70. The number of rotatable bonds is 3. The molecular formula is C9H15BNO4. The number of hydrogen-bond donors (Lipinski definition) is 2. The normalized spacial score (nSPS) is 34.3. The van der Waals surface area contributed by atoms with E-state index in [1.165, 1.54) is 0 Å². The highest BCUT2D eigenvalue weighted by molar-refractivity contribution is 7.04. The van der Waals surface area contributed by atoms with Gasteiger partial charge in [0.2, 0.25) is 0 Å². The molecule has 3 rings (SSSR count). The van der Waals surface area contributed by atoms with Gasteiger partial charge in [-0.15, -0.1) is 0 Å². The van der Waals surface area contributed by atoms with Gasteiger partial charge in [0, 0.05) is 19.6 Å². The SMILES string of the molecule is O=C(O)[B-](C(=O)O)[N+]12CCC(CC1)CC2. The fourth-order valence-electron chi connectivity index (χ4n) is 3.05. The maximum absolute atomic E-state index is 11.0. The second-order valence-electron chi connectivity index (χ2n) is 4.70. The summed E-state index contributed by atoms with van der Waals surface area (Å²) in [5, 5.41) is 18.0. The molecule has 3 aliphatic rings. The van der Waals surface area contributed by atoms with Crippen molar-refractivity contribution in [3.63, 3.8) is 0 Å². The molecular weight excluding hydrogens is 197 g/mol. The minimum absolute atomic E-state index is 0.265. The third kappa shape index (κ3) is 1.63. The predicted octanol–water partition coefficient (Wildman–Crippen LogP) is 1.13. The predicted molar refractivity (Wildman–Crippen MR) is 54.0 cm³/mol. The molecule has 2 bridgehead atoms. The van der Waals surface area contributed by atoms with E-state index in [1.807, 2.05) is 0 Å². The van der Waals surface area contributed by atoms with Crippen molar-refractivity contribution in [1.29, 1.82) is 0 Å². The highest BCUT2D eigenvalue weighted by Gasteiger charge is 2.45. The van der Waals surface area contributed by atoms with Gasteiger partial charge in [0.25, 0.3) is 0 Å². The number of piperidine rings is 3. The lowest BCUT2D eigenvalue weighted by molar-refractivity contribution is -0.842. The van der Waals surface area contributed by atoms with E-state index in [1.54, 1.807) is 0 Å². The first-order chi connectivity index (χ1) is 7.05. The summed E-state index contributed by atoms with van der Waals surface area (Å²) in [5.41, 5.74) is 0. The van der Waals surface area contributed by atoms with Gasteiger partial charge in [0.15, 0.2) is 11.7 Å². The molecule has 6 heteroatoms. The average molecular weight is 212 g/mol. The van der Waals surface area contributed by atoms with Crippen molar-refractivity contribution < 1.29 is 24.2 Å². The second kappa shape index (κ2) is 3.52. The van der Waals surface area contributed by atoms with Crippen LogP contribution in [0.5, 0.6) is 0 Å². The van der Waals surface area contributed by atoms with Gasteiger partial charge in [-0.25, -0.2) is 0 Å². The van der Waals surface area contributed by atoms with E-state index in [4.69, 9.17) is 10.2 Å². The van der Waals surface area contributed by atoms with Gasteiger partial charge in [0.1, 0.15) is 0 Å². The second-order valence-corrected chi connectivity index (χ2v) is 4.70. The lowest BCUT2D eigenvalue weighted by Gasteiger charge is -2.59. The Morgan fingerprint density at radius 2 is 1.40 bits per heavy atom. The molecule has 0 aliphatic carbocycles. The van der Waals surface area contributed by atoms with Crippen molar-refractivity contribution in [2.75, 3.05) is 19.6 Å². The van der Waals surface area contributed by atoms with Crippen LogP contribution in [0.15, 0.2) is 0 Å². The fraction of sp³-hybridized carbons (Fsp3) is 0.778. The topological polar surface area (TPSA) is 74.6 Å². The fourth-order valence-corrected chi connectivity index (χ4v) is 3.05. The Hall–Kier alpha value is -1.04. The molecule has 3 aliphatic heterocycles. The van der Waals surface area contributed by atoms with Crippen LogP contribution in [0.3, 0.4) is 0 Å². The quantitative estimate of drug-likeness (QED) is 0.687. The largest absolute Gasteiger partial charge is 0.519 e. The minimum Gasteiger partial charge on any atom is -0.519 e. The maximum atomic E-state index is 11.0. The summed E-state index contributed by atoms with van der Waals surface area (Å²) in [5.74, 6) is -1.68. The molecule has 1 radical (unpaired) electrons. The molecule has 83 valence electrons. The summed E-state index contributed by atoms with van der Waals surface area (Å²) in [4.78, 5) is 22.1. The summed E-state index contributed by atoms with van der Waals surface area (Å²) in [6.07, 6.45) is 2.95. The smallest absolute Gasteiger partial charge is 0.372 e. The van der Waals surface area contributed by atoms with E-state index in [2.05, 4.69) is 0 Å². The standard InChI is InChI=1S/C9H14BNO4/c12-8(13)10(9(14)15)11-4-1-7(2-5-11)3-6-11/h7H,1-6H2,(H-,12,13,14,15)/q-1/p+1. The molecule has 0 aromatic rings. The Kier molecular flexibility index (Phi) is 2.46. The minimum atomic E-state index is -1.26. The number of carbonyl (C=O) groups is 2. The summed E-state index contributed by atoms with van der Waals surface area (Å²) in [6.45, 7) is 0.891. The zero-order valence-corrected chi connectivity index (χ0v) is 8.56. The van der Waals surface area contributed by atoms with Crippen LogP contribution in [0.1, 0.15) is 19.3 Å². The molecule has 15 heavy (non-hydrogen) atoms. The van der Waals surface area contributed by atoms with E-state index in [0.717, 1.165) is 19.3 Å². The number of carboxylic acid groups (broad SMARTS) is 2. The van der Waals surface area contributed by atoms with E-state index >= 15 is 0 Å². The zero-order chi connectivity index (χ0) is 11.1. The van der Waals surface area contributed by atoms with Gasteiger partial charge in [-0.3, -0.25) is 9.59 Å². The van der Waals surface area contributed by atoms with Crippen molar-refractivity contribution >= 4 is 18.6 Å². The first kappa shape index (κ1) is 10.5. The van der Waals surface area contributed by atoms with Gasteiger partial charge in [-0.2, -0.15) is 0 Å². The maximum Gasteiger partial charge on any atom is 0.372 e. The van der Waals surface area contributed by atoms with E-state index in [9.17, 15) is 9.59 Å². The van der Waals surface area contributed by atoms with E-state index in [-0.39, 0.29) is 4.39 Å². The van der Waals surface area contributed by atoms with Crippen LogP contribution in [-0.2, 0) is 0 Å². The molecule has 0 aromatic carbocycles. The van der Waals surface area contributed by atoms with Crippen molar-refractivity contribution in [3.05, 3.63) is 0 Å². The Labute approximate surface area is 88.4 Å². The van der Waals surface area contributed by atoms with Crippen molar-refractivity contribution in [2.45, 2.75) is 19.3 Å². The van der Waals surface area contributed by atoms with E-state index < -0.39 is 18.6 Å². The third-order valence-corrected chi connectivity index (χ3v) is 3.96. The summed E-state index contributed by atoms with van der Waals surface area (Å²) in [6, 6.07) is 0. The molecule has 0 aromatic heterocycles. The van der Waals surface area contributed by atoms with Crippen LogP contribution in [0.2, 0.25) is 0 Å². The number of nitrogens with zero attached hydrogens (tertiary/aromatic N) is 1. The molecule has 0 spiro atoms. The highest BCUT2D eigenvalue weighted by atomic mass is 16.4. The van der Waals surface area contributed by atoms with Crippen LogP contribution >= 0.6 is 0 Å². The Morgan fingerprint density at radius 1 is 1.00 bits per heavy atom. The molecule has 0 unspecified atom stereocenters. The Morgan fingerprint density at radius 3 is 1.73 bits per heavy atom. The molecule has 3 saturated heterocycles. The highest BCUT2D eigenvalue weighted by Crippen LogP contribution is 2.34. The van der Waals surface area contributed by atoms with Crippen LogP contribution in [0.4, 0.5) is 9.59 Å². The van der Waals surface area contributed by atoms with Crippen molar-refractivity contribution in [3.8, 4) is 0 Å². The third-order valence-electron chi connectivity index (χ3n) is 3.96. The van der Waals surface area contributed by atoms with Crippen LogP contribution in [0, 0.1) is 5.92 Å². The molecule has 0 amide bonds. The monoisotopic (exact) mass is 212 g/mol.